The third-order valence-electron chi connectivity index (χ3n) is 4.12. The predicted octanol–water partition coefficient (Wildman–Crippen LogP) is 2.32. The van der Waals surface area contributed by atoms with Crippen LogP contribution in [0.3, 0.4) is 0 Å². The van der Waals surface area contributed by atoms with E-state index >= 15 is 0 Å². The van der Waals surface area contributed by atoms with E-state index in [2.05, 4.69) is 10.4 Å². The van der Waals surface area contributed by atoms with Gasteiger partial charge in [0.25, 0.3) is 5.56 Å². The van der Waals surface area contributed by atoms with Gasteiger partial charge in [-0.3, -0.25) is 4.79 Å². The summed E-state index contributed by atoms with van der Waals surface area (Å²) < 4.78 is 1.57. The molecule has 0 amide bonds. The highest BCUT2D eigenvalue weighted by Crippen LogP contribution is 2.17. The van der Waals surface area contributed by atoms with Gasteiger partial charge < -0.3 is 5.32 Å². The quantitative estimate of drug-likeness (QED) is 0.928. The molecule has 20 heavy (non-hydrogen) atoms. The van der Waals surface area contributed by atoms with Gasteiger partial charge in [-0.2, -0.15) is 5.10 Å². The number of benzene rings is 1. The molecule has 2 aromatic rings. The number of aromatic nitrogens is 2. The minimum absolute atomic E-state index is 0.00791. The fourth-order valence-electron chi connectivity index (χ4n) is 2.97. The van der Waals surface area contributed by atoms with Gasteiger partial charge in [0.15, 0.2) is 0 Å². The molecule has 0 aliphatic heterocycles. The standard InChI is InChI=1S/C16H21N3O/c20-16-15-9-5-4-6-13(15)12-18-19(16)11-10-17-14-7-2-1-3-8-14/h4-6,9,12,14,17H,1-3,7-8,10-11H2. The lowest BCUT2D eigenvalue weighted by Gasteiger charge is -2.22. The van der Waals surface area contributed by atoms with Crippen LogP contribution in [-0.4, -0.2) is 22.4 Å². The van der Waals surface area contributed by atoms with Crippen LogP contribution in [0.4, 0.5) is 0 Å². The Kier molecular flexibility index (Phi) is 4.11. The Hall–Kier alpha value is -1.68. The molecule has 4 heteroatoms. The molecule has 1 saturated carbocycles. The topological polar surface area (TPSA) is 46.9 Å². The number of rotatable bonds is 4. The van der Waals surface area contributed by atoms with E-state index in [1.807, 2.05) is 24.3 Å². The van der Waals surface area contributed by atoms with Crippen LogP contribution in [0.15, 0.2) is 35.3 Å². The van der Waals surface area contributed by atoms with Crippen LogP contribution in [0.5, 0.6) is 0 Å². The molecule has 0 bridgehead atoms. The number of hydrogen-bond donors (Lipinski definition) is 1. The first kappa shape index (κ1) is 13.3. The normalized spacial score (nSPS) is 16.6. The monoisotopic (exact) mass is 271 g/mol. The lowest BCUT2D eigenvalue weighted by molar-refractivity contribution is 0.363. The van der Waals surface area contributed by atoms with E-state index in [9.17, 15) is 4.79 Å². The Labute approximate surface area is 118 Å². The summed E-state index contributed by atoms with van der Waals surface area (Å²) in [4.78, 5) is 12.3. The van der Waals surface area contributed by atoms with E-state index in [0.717, 1.165) is 17.3 Å². The van der Waals surface area contributed by atoms with E-state index in [-0.39, 0.29) is 5.56 Å². The Morgan fingerprint density at radius 2 is 2.00 bits per heavy atom. The van der Waals surface area contributed by atoms with Crippen molar-refractivity contribution >= 4 is 10.8 Å². The number of nitrogens with one attached hydrogen (secondary N) is 1. The zero-order valence-electron chi connectivity index (χ0n) is 11.7. The van der Waals surface area contributed by atoms with Gasteiger partial charge in [-0.05, 0) is 18.9 Å². The average Bonchev–Trinajstić information content (AvgIpc) is 2.51. The highest BCUT2D eigenvalue weighted by atomic mass is 16.1. The minimum atomic E-state index is 0.00791. The van der Waals surface area contributed by atoms with Crippen LogP contribution in [0.25, 0.3) is 10.8 Å². The first-order valence-electron chi connectivity index (χ1n) is 7.53. The molecule has 0 atom stereocenters. The smallest absolute Gasteiger partial charge is 0.274 e. The van der Waals surface area contributed by atoms with E-state index in [0.29, 0.717) is 12.6 Å². The number of hydrogen-bond acceptors (Lipinski definition) is 3. The second kappa shape index (κ2) is 6.18. The fourth-order valence-corrected chi connectivity index (χ4v) is 2.97. The number of fused-ring (bicyclic) bond motifs is 1. The summed E-state index contributed by atoms with van der Waals surface area (Å²) in [6.45, 7) is 1.45. The molecule has 1 aliphatic rings. The maximum absolute atomic E-state index is 12.3. The highest BCUT2D eigenvalue weighted by molar-refractivity contribution is 5.80. The van der Waals surface area contributed by atoms with Crippen molar-refractivity contribution in [2.45, 2.75) is 44.7 Å². The predicted molar refractivity (Wildman–Crippen MR) is 80.9 cm³/mol. The Morgan fingerprint density at radius 3 is 2.85 bits per heavy atom. The van der Waals surface area contributed by atoms with Gasteiger partial charge in [0.05, 0.1) is 18.1 Å². The molecule has 106 valence electrons. The van der Waals surface area contributed by atoms with E-state index < -0.39 is 0 Å². The van der Waals surface area contributed by atoms with Crippen molar-refractivity contribution in [3.8, 4) is 0 Å². The molecule has 0 spiro atoms. The summed E-state index contributed by atoms with van der Waals surface area (Å²) in [6.07, 6.45) is 8.32. The zero-order valence-corrected chi connectivity index (χ0v) is 11.7. The maximum Gasteiger partial charge on any atom is 0.274 e. The Bertz CT molecular complexity index is 629. The SMILES string of the molecule is O=c1c2ccccc2cnn1CCNC1CCCCC1. The van der Waals surface area contributed by atoms with Crippen LogP contribution < -0.4 is 10.9 Å². The molecule has 0 radical (unpaired) electrons. The minimum Gasteiger partial charge on any atom is -0.312 e. The molecule has 1 aliphatic carbocycles. The van der Waals surface area contributed by atoms with Gasteiger partial charge in [0, 0.05) is 18.0 Å². The molecule has 0 unspecified atom stereocenters. The molecular formula is C16H21N3O. The van der Waals surface area contributed by atoms with Crippen LogP contribution in [-0.2, 0) is 6.54 Å². The summed E-state index contributed by atoms with van der Waals surface area (Å²) in [5, 5.41) is 9.46. The first-order valence-corrected chi connectivity index (χ1v) is 7.53. The van der Waals surface area contributed by atoms with Crippen LogP contribution in [0.2, 0.25) is 0 Å². The maximum atomic E-state index is 12.3. The molecule has 1 fully saturated rings. The van der Waals surface area contributed by atoms with Crippen LogP contribution in [0, 0.1) is 0 Å². The lowest BCUT2D eigenvalue weighted by Crippen LogP contribution is -2.35. The van der Waals surface area contributed by atoms with Crippen molar-refractivity contribution < 1.29 is 0 Å². The van der Waals surface area contributed by atoms with Gasteiger partial charge in [0.1, 0.15) is 0 Å². The molecule has 4 nitrogen and oxygen atoms in total. The summed E-state index contributed by atoms with van der Waals surface area (Å²) in [5.74, 6) is 0. The van der Waals surface area contributed by atoms with E-state index in [1.165, 1.54) is 32.1 Å². The lowest BCUT2D eigenvalue weighted by atomic mass is 9.95. The molecule has 3 rings (SSSR count). The van der Waals surface area contributed by atoms with Crippen molar-refractivity contribution in [2.24, 2.45) is 0 Å². The second-order valence-electron chi connectivity index (χ2n) is 5.55. The van der Waals surface area contributed by atoms with Crippen molar-refractivity contribution in [3.63, 3.8) is 0 Å². The van der Waals surface area contributed by atoms with Crippen molar-refractivity contribution in [3.05, 3.63) is 40.8 Å². The fraction of sp³-hybridized carbons (Fsp3) is 0.500. The summed E-state index contributed by atoms with van der Waals surface area (Å²) in [6, 6.07) is 8.24. The van der Waals surface area contributed by atoms with Crippen molar-refractivity contribution in [1.29, 1.82) is 0 Å². The van der Waals surface area contributed by atoms with Crippen molar-refractivity contribution in [2.75, 3.05) is 6.54 Å². The summed E-state index contributed by atoms with van der Waals surface area (Å²) >= 11 is 0. The van der Waals surface area contributed by atoms with Crippen LogP contribution in [0.1, 0.15) is 32.1 Å². The van der Waals surface area contributed by atoms with Crippen LogP contribution >= 0.6 is 0 Å². The van der Waals surface area contributed by atoms with E-state index in [1.54, 1.807) is 10.9 Å². The van der Waals surface area contributed by atoms with Gasteiger partial charge in [0.2, 0.25) is 0 Å². The summed E-state index contributed by atoms with van der Waals surface area (Å²) in [5.41, 5.74) is 0.00791. The first-order chi connectivity index (χ1) is 9.84. The average molecular weight is 271 g/mol. The zero-order chi connectivity index (χ0) is 13.8. The number of nitrogens with zero attached hydrogens (tertiary/aromatic N) is 2. The molecule has 1 aromatic heterocycles. The molecule has 1 aromatic carbocycles. The highest BCUT2D eigenvalue weighted by Gasteiger charge is 2.12. The molecule has 1 N–H and O–H groups in total. The Balaban J connectivity index is 1.65. The van der Waals surface area contributed by atoms with E-state index in [4.69, 9.17) is 0 Å². The summed E-state index contributed by atoms with van der Waals surface area (Å²) in [7, 11) is 0. The molecule has 1 heterocycles. The second-order valence-corrected chi connectivity index (χ2v) is 5.55. The van der Waals surface area contributed by atoms with Gasteiger partial charge in [-0.1, -0.05) is 37.5 Å². The molecule has 0 saturated heterocycles. The molecular weight excluding hydrogens is 250 g/mol. The van der Waals surface area contributed by atoms with Crippen molar-refractivity contribution in [1.82, 2.24) is 15.1 Å². The third-order valence-corrected chi connectivity index (χ3v) is 4.12. The third kappa shape index (κ3) is 2.90. The van der Waals surface area contributed by atoms with Gasteiger partial charge >= 0.3 is 0 Å². The van der Waals surface area contributed by atoms with Gasteiger partial charge in [-0.15, -0.1) is 0 Å². The Morgan fingerprint density at radius 1 is 1.20 bits per heavy atom. The largest absolute Gasteiger partial charge is 0.312 e. The van der Waals surface area contributed by atoms with Gasteiger partial charge in [-0.25, -0.2) is 4.68 Å².